The number of rotatable bonds is 15. The molecular formula is C49H60F2N9O5P. The Bertz CT molecular complexity index is 2640. The Morgan fingerprint density at radius 2 is 1.64 bits per heavy atom. The molecule has 5 aromatic rings. The van der Waals surface area contributed by atoms with E-state index in [4.69, 9.17) is 14.5 Å². The first-order valence-corrected chi connectivity index (χ1v) is 25.5. The van der Waals surface area contributed by atoms with Crippen molar-refractivity contribution in [2.24, 2.45) is 0 Å². The molecule has 0 bridgehead atoms. The number of pyridine rings is 1. The molecule has 3 aliphatic rings. The van der Waals surface area contributed by atoms with Crippen LogP contribution in [0.25, 0.3) is 10.9 Å². The van der Waals surface area contributed by atoms with Crippen LogP contribution >= 0.6 is 7.14 Å². The van der Waals surface area contributed by atoms with Gasteiger partial charge in [0.05, 0.1) is 36.5 Å². The minimum atomic E-state index is -2.72. The third-order valence-electron chi connectivity index (χ3n) is 13.0. The van der Waals surface area contributed by atoms with Crippen LogP contribution in [0.4, 0.5) is 37.6 Å². The number of piperazine rings is 1. The van der Waals surface area contributed by atoms with E-state index in [1.165, 1.54) is 11.3 Å². The van der Waals surface area contributed by atoms with Crippen molar-refractivity contribution in [3.63, 3.8) is 0 Å². The largest absolute Gasteiger partial charge is 0.494 e. The summed E-state index contributed by atoms with van der Waals surface area (Å²) in [4.78, 5) is 45.3. The molecule has 66 heavy (non-hydrogen) atoms. The highest BCUT2D eigenvalue weighted by atomic mass is 31.2. The standard InChI is InChI=1S/C49H60F2N9O5P/c1-7-32-25-41(55-49-52-29-30(2)47(57-49)54-40-13-12-39-35(10-9-31(3)53-39)46(40)66(5,6)63)43(64-4)28-42(32)60-18-15-33(16-19-60)59-22-20-58(21-23-59)17-8-24-65-34-26-37(50)45(38(51)27-34)36-11-14-44(61)56-48(36)62/h9-10,12-13,25-29,33,36H,7-8,11,14-24H2,1-6H3,(H,56,61,62)(H2,52,54,55,57). The van der Waals surface area contributed by atoms with Crippen molar-refractivity contribution in [3.8, 4) is 11.5 Å². The van der Waals surface area contributed by atoms with Crippen LogP contribution in [0.1, 0.15) is 67.3 Å². The van der Waals surface area contributed by atoms with Crippen LogP contribution < -0.4 is 35.6 Å². The molecule has 0 spiro atoms. The summed E-state index contributed by atoms with van der Waals surface area (Å²) in [6, 6.07) is 14.8. The molecule has 350 valence electrons. The Balaban J connectivity index is 0.833. The van der Waals surface area contributed by atoms with E-state index in [-0.39, 0.29) is 24.2 Å². The molecule has 1 unspecified atom stereocenters. The summed E-state index contributed by atoms with van der Waals surface area (Å²) in [6.45, 7) is 16.5. The molecule has 8 rings (SSSR count). The summed E-state index contributed by atoms with van der Waals surface area (Å²) in [6.07, 6.45) is 5.54. The van der Waals surface area contributed by atoms with Gasteiger partial charge in [-0.15, -0.1) is 0 Å². The van der Waals surface area contributed by atoms with Crippen LogP contribution in [0.5, 0.6) is 11.5 Å². The molecule has 1 atom stereocenters. The Labute approximate surface area is 385 Å². The lowest BCUT2D eigenvalue weighted by Gasteiger charge is -2.43. The zero-order valence-corrected chi connectivity index (χ0v) is 39.6. The second kappa shape index (κ2) is 20.0. The summed E-state index contributed by atoms with van der Waals surface area (Å²) in [5, 5.41) is 10.6. The van der Waals surface area contributed by atoms with Crippen molar-refractivity contribution in [2.45, 2.75) is 71.3 Å². The fourth-order valence-electron chi connectivity index (χ4n) is 9.55. The maximum Gasteiger partial charge on any atom is 0.234 e. The summed E-state index contributed by atoms with van der Waals surface area (Å²) in [5.41, 5.74) is 6.10. The molecule has 3 aliphatic heterocycles. The fraction of sp³-hybridized carbons (Fsp3) is 0.449. The average molecular weight is 924 g/mol. The molecule has 0 saturated carbocycles. The molecule has 0 radical (unpaired) electrons. The molecule has 14 nitrogen and oxygen atoms in total. The number of carbonyl (C=O) groups is 2. The number of piperidine rings is 2. The normalized spacial score (nSPS) is 17.8. The van der Waals surface area contributed by atoms with E-state index in [9.17, 15) is 22.9 Å². The van der Waals surface area contributed by atoms with E-state index in [0.717, 1.165) is 116 Å². The van der Waals surface area contributed by atoms with E-state index in [2.05, 4.69) is 59.7 Å². The maximum absolute atomic E-state index is 14.9. The molecule has 2 aromatic heterocycles. The number of aryl methyl sites for hydroxylation is 3. The number of hydrogen-bond acceptors (Lipinski definition) is 13. The topological polar surface area (TPSA) is 154 Å². The molecule has 3 saturated heterocycles. The van der Waals surface area contributed by atoms with Gasteiger partial charge in [0, 0.05) is 116 Å². The van der Waals surface area contributed by atoms with E-state index in [1.807, 2.05) is 38.1 Å². The quantitative estimate of drug-likeness (QED) is 0.0532. The number of nitrogens with zero attached hydrogens (tertiary/aromatic N) is 6. The number of ether oxygens (including phenoxy) is 2. The fourth-order valence-corrected chi connectivity index (χ4v) is 11.0. The molecule has 3 N–H and O–H groups in total. The van der Waals surface area contributed by atoms with Crippen LogP contribution in [0.2, 0.25) is 0 Å². The van der Waals surface area contributed by atoms with Crippen LogP contribution in [-0.4, -0.2) is 115 Å². The van der Waals surface area contributed by atoms with E-state index < -0.39 is 36.5 Å². The smallest absolute Gasteiger partial charge is 0.234 e. The zero-order valence-electron chi connectivity index (χ0n) is 38.7. The van der Waals surface area contributed by atoms with Crippen molar-refractivity contribution in [1.82, 2.24) is 30.1 Å². The van der Waals surface area contributed by atoms with Crippen LogP contribution in [-0.2, 0) is 20.6 Å². The SMILES string of the molecule is CCc1cc(Nc2ncc(C)c(Nc3ccc4nc(C)ccc4c3P(C)(C)=O)n2)c(OC)cc1N1CCC(N2CCN(CCCOc3cc(F)c(C4CCC(=O)NC4=O)c(F)c3)CC2)CC1. The number of amides is 2. The molecule has 17 heteroatoms. The first-order valence-electron chi connectivity index (χ1n) is 22.9. The molecule has 3 aromatic carbocycles. The minimum absolute atomic E-state index is 0.0415. The predicted molar refractivity (Wildman–Crippen MR) is 256 cm³/mol. The number of anilines is 5. The van der Waals surface area contributed by atoms with Crippen LogP contribution in [0.3, 0.4) is 0 Å². The highest BCUT2D eigenvalue weighted by Crippen LogP contribution is 2.42. The number of halogens is 2. The number of fused-ring (bicyclic) bond motifs is 1. The van der Waals surface area contributed by atoms with Crippen molar-refractivity contribution in [2.75, 3.05) is 88.4 Å². The van der Waals surface area contributed by atoms with Gasteiger partial charge >= 0.3 is 0 Å². The minimum Gasteiger partial charge on any atom is -0.494 e. The number of aromatic nitrogens is 3. The number of hydrogen-bond donors (Lipinski definition) is 3. The van der Waals surface area contributed by atoms with Crippen LogP contribution in [0, 0.1) is 25.5 Å². The van der Waals surface area contributed by atoms with E-state index in [1.54, 1.807) is 26.6 Å². The van der Waals surface area contributed by atoms with Gasteiger partial charge in [-0.25, -0.2) is 13.8 Å². The molecule has 3 fully saturated rings. The average Bonchev–Trinajstić information content (AvgIpc) is 3.29. The lowest BCUT2D eigenvalue weighted by atomic mass is 9.89. The predicted octanol–water partition coefficient (Wildman–Crippen LogP) is 7.80. The van der Waals surface area contributed by atoms with Gasteiger partial charge in [0.1, 0.15) is 36.1 Å². The molecule has 2 amide bonds. The Kier molecular flexibility index (Phi) is 14.2. The monoisotopic (exact) mass is 923 g/mol. The van der Waals surface area contributed by atoms with Gasteiger partial charge in [-0.1, -0.05) is 13.0 Å². The van der Waals surface area contributed by atoms with E-state index in [0.29, 0.717) is 36.6 Å². The summed E-state index contributed by atoms with van der Waals surface area (Å²) in [7, 11) is -1.04. The number of imide groups is 1. The first-order chi connectivity index (χ1) is 31.7. The van der Waals surface area contributed by atoms with Gasteiger partial charge in [-0.2, -0.15) is 4.98 Å². The number of benzene rings is 3. The number of nitrogens with one attached hydrogen (secondary N) is 3. The van der Waals surface area contributed by atoms with Crippen molar-refractivity contribution in [1.29, 1.82) is 0 Å². The Morgan fingerprint density at radius 3 is 2.32 bits per heavy atom. The zero-order chi connectivity index (χ0) is 46.7. The lowest BCUT2D eigenvalue weighted by Crippen LogP contribution is -2.53. The molecule has 5 heterocycles. The summed E-state index contributed by atoms with van der Waals surface area (Å²) >= 11 is 0. The summed E-state index contributed by atoms with van der Waals surface area (Å²) < 4.78 is 55.2. The second-order valence-electron chi connectivity index (χ2n) is 17.9. The summed E-state index contributed by atoms with van der Waals surface area (Å²) in [5.74, 6) is -2.04. The maximum atomic E-state index is 14.9. The highest BCUT2D eigenvalue weighted by molar-refractivity contribution is 7.71. The first kappa shape index (κ1) is 46.8. The second-order valence-corrected chi connectivity index (χ2v) is 21.1. The lowest BCUT2D eigenvalue weighted by molar-refractivity contribution is -0.134. The molecule has 0 aliphatic carbocycles. The Hall–Kier alpha value is -5.70. The van der Waals surface area contributed by atoms with Crippen molar-refractivity contribution >= 4 is 64.0 Å². The van der Waals surface area contributed by atoms with Crippen molar-refractivity contribution < 1.29 is 32.4 Å². The Morgan fingerprint density at radius 1 is 0.894 bits per heavy atom. The number of methoxy groups -OCH3 is 1. The van der Waals surface area contributed by atoms with Gasteiger partial charge < -0.3 is 34.5 Å². The highest BCUT2D eigenvalue weighted by Gasteiger charge is 2.33. The van der Waals surface area contributed by atoms with Gasteiger partial charge in [-0.05, 0) is 89.1 Å². The van der Waals surface area contributed by atoms with Gasteiger partial charge in [0.2, 0.25) is 17.8 Å². The van der Waals surface area contributed by atoms with Crippen molar-refractivity contribution in [3.05, 3.63) is 88.7 Å². The van der Waals surface area contributed by atoms with Gasteiger partial charge in [0.15, 0.2) is 0 Å². The van der Waals surface area contributed by atoms with Gasteiger partial charge in [-0.3, -0.25) is 24.8 Å². The molecular weight excluding hydrogens is 864 g/mol. The third-order valence-corrected chi connectivity index (χ3v) is 14.6. The third kappa shape index (κ3) is 10.5. The van der Waals surface area contributed by atoms with E-state index >= 15 is 0 Å². The van der Waals surface area contributed by atoms with Crippen LogP contribution in [0.15, 0.2) is 54.7 Å². The van der Waals surface area contributed by atoms with Gasteiger partial charge in [0.25, 0.3) is 0 Å². The number of carbonyl (C=O) groups excluding carboxylic acids is 2.